The Labute approximate surface area is 103 Å². The highest BCUT2D eigenvalue weighted by molar-refractivity contribution is 6.12. The van der Waals surface area contributed by atoms with E-state index >= 15 is 0 Å². The van der Waals surface area contributed by atoms with Crippen LogP contribution in [0.4, 0.5) is 0 Å². The predicted molar refractivity (Wildman–Crippen MR) is 72.8 cm³/mol. The Bertz CT molecular complexity index is 893. The van der Waals surface area contributed by atoms with Gasteiger partial charge in [0, 0.05) is 39.6 Å². The number of fused-ring (bicyclic) bond motifs is 4. The topological polar surface area (TPSA) is 48.9 Å². The SMILES string of the molecule is Oc1ccc2[nH]c3cc4ccncc4cc3c2c1. The van der Waals surface area contributed by atoms with E-state index in [2.05, 4.69) is 22.1 Å². The highest BCUT2D eigenvalue weighted by Crippen LogP contribution is 2.30. The van der Waals surface area contributed by atoms with Crippen molar-refractivity contribution in [2.75, 3.05) is 0 Å². The molecule has 0 spiro atoms. The van der Waals surface area contributed by atoms with Crippen molar-refractivity contribution in [1.82, 2.24) is 9.97 Å². The average Bonchev–Trinajstić information content (AvgIpc) is 2.73. The van der Waals surface area contributed by atoms with Crippen molar-refractivity contribution in [3.05, 3.63) is 48.8 Å². The smallest absolute Gasteiger partial charge is 0.116 e. The van der Waals surface area contributed by atoms with Gasteiger partial charge in [-0.2, -0.15) is 0 Å². The third-order valence-corrected chi connectivity index (χ3v) is 3.34. The second-order valence-electron chi connectivity index (χ2n) is 4.48. The van der Waals surface area contributed by atoms with Crippen LogP contribution < -0.4 is 0 Å². The summed E-state index contributed by atoms with van der Waals surface area (Å²) in [5.41, 5.74) is 2.11. The van der Waals surface area contributed by atoms with Crippen LogP contribution in [0.3, 0.4) is 0 Å². The largest absolute Gasteiger partial charge is 0.508 e. The number of aromatic nitrogens is 2. The van der Waals surface area contributed by atoms with Crippen molar-refractivity contribution in [3.63, 3.8) is 0 Å². The number of pyridine rings is 1. The van der Waals surface area contributed by atoms with Gasteiger partial charge in [0.15, 0.2) is 0 Å². The van der Waals surface area contributed by atoms with E-state index in [-0.39, 0.29) is 5.75 Å². The van der Waals surface area contributed by atoms with Crippen LogP contribution in [0.15, 0.2) is 48.8 Å². The molecule has 0 aliphatic rings. The maximum atomic E-state index is 9.60. The van der Waals surface area contributed by atoms with Gasteiger partial charge >= 0.3 is 0 Å². The zero-order valence-corrected chi connectivity index (χ0v) is 9.51. The highest BCUT2D eigenvalue weighted by Gasteiger charge is 2.06. The Kier molecular flexibility index (Phi) is 1.70. The van der Waals surface area contributed by atoms with Gasteiger partial charge in [0.25, 0.3) is 0 Å². The molecule has 2 N–H and O–H groups in total. The second kappa shape index (κ2) is 3.23. The zero-order chi connectivity index (χ0) is 12.1. The van der Waals surface area contributed by atoms with Gasteiger partial charge in [0.05, 0.1) is 0 Å². The van der Waals surface area contributed by atoms with Gasteiger partial charge in [-0.1, -0.05) is 0 Å². The fourth-order valence-corrected chi connectivity index (χ4v) is 2.47. The normalized spacial score (nSPS) is 11.6. The minimum atomic E-state index is 0.287. The molecule has 2 aromatic heterocycles. The van der Waals surface area contributed by atoms with Gasteiger partial charge in [-0.25, -0.2) is 0 Å². The first-order valence-electron chi connectivity index (χ1n) is 5.79. The molecule has 2 aromatic carbocycles. The molecule has 4 aromatic rings. The molecule has 86 valence electrons. The van der Waals surface area contributed by atoms with Gasteiger partial charge in [-0.15, -0.1) is 0 Å². The van der Waals surface area contributed by atoms with Crippen LogP contribution in [0, 0.1) is 0 Å². The molecule has 2 heterocycles. The molecule has 0 fully saturated rings. The van der Waals surface area contributed by atoms with E-state index < -0.39 is 0 Å². The monoisotopic (exact) mass is 234 g/mol. The van der Waals surface area contributed by atoms with Crippen LogP contribution in [0.1, 0.15) is 0 Å². The molecular weight excluding hydrogens is 224 g/mol. The van der Waals surface area contributed by atoms with Crippen LogP contribution >= 0.6 is 0 Å². The molecule has 0 atom stereocenters. The van der Waals surface area contributed by atoms with Crippen molar-refractivity contribution < 1.29 is 5.11 Å². The third-order valence-electron chi connectivity index (χ3n) is 3.34. The summed E-state index contributed by atoms with van der Waals surface area (Å²) in [6, 6.07) is 11.6. The molecule has 0 unspecified atom stereocenters. The lowest BCUT2D eigenvalue weighted by atomic mass is 10.1. The number of hydrogen-bond donors (Lipinski definition) is 2. The Morgan fingerprint density at radius 3 is 2.72 bits per heavy atom. The lowest BCUT2D eigenvalue weighted by Gasteiger charge is -1.97. The number of nitrogens with zero attached hydrogens (tertiary/aromatic N) is 1. The fraction of sp³-hybridized carbons (Fsp3) is 0. The summed E-state index contributed by atoms with van der Waals surface area (Å²) in [4.78, 5) is 7.51. The molecule has 0 radical (unpaired) electrons. The van der Waals surface area contributed by atoms with Crippen LogP contribution in [0.25, 0.3) is 32.6 Å². The van der Waals surface area contributed by atoms with E-state index in [0.717, 1.165) is 32.6 Å². The Balaban J connectivity index is 2.25. The van der Waals surface area contributed by atoms with Gasteiger partial charge in [0.2, 0.25) is 0 Å². The third kappa shape index (κ3) is 1.21. The van der Waals surface area contributed by atoms with E-state index in [4.69, 9.17) is 0 Å². The minimum absolute atomic E-state index is 0.287. The molecule has 0 saturated carbocycles. The summed E-state index contributed by atoms with van der Waals surface area (Å²) in [6.45, 7) is 0. The number of H-pyrrole nitrogens is 1. The van der Waals surface area contributed by atoms with Crippen LogP contribution in [-0.4, -0.2) is 15.1 Å². The molecule has 18 heavy (non-hydrogen) atoms. The predicted octanol–water partition coefficient (Wildman–Crippen LogP) is 3.57. The number of hydrogen-bond acceptors (Lipinski definition) is 2. The van der Waals surface area contributed by atoms with Gasteiger partial charge in [0.1, 0.15) is 5.75 Å². The molecule has 4 rings (SSSR count). The summed E-state index contributed by atoms with van der Waals surface area (Å²) in [6.07, 6.45) is 3.65. The first-order chi connectivity index (χ1) is 8.81. The van der Waals surface area contributed by atoms with E-state index in [1.165, 1.54) is 0 Å². The molecule has 3 nitrogen and oxygen atoms in total. The number of nitrogens with one attached hydrogen (secondary N) is 1. The van der Waals surface area contributed by atoms with E-state index in [9.17, 15) is 5.11 Å². The Hall–Kier alpha value is -2.55. The number of aromatic hydroxyl groups is 1. The second-order valence-corrected chi connectivity index (χ2v) is 4.48. The lowest BCUT2D eigenvalue weighted by molar-refractivity contribution is 0.476. The molecule has 0 bridgehead atoms. The standard InChI is InChI=1S/C15H10N2O/c18-11-1-2-14-13(7-11)12-5-10-8-16-4-3-9(10)6-15(12)17-14/h1-8,17-18H. The van der Waals surface area contributed by atoms with Crippen molar-refractivity contribution in [3.8, 4) is 5.75 Å². The molecule has 0 amide bonds. The number of aromatic amines is 1. The molecule has 3 heteroatoms. The number of benzene rings is 2. The minimum Gasteiger partial charge on any atom is -0.508 e. The van der Waals surface area contributed by atoms with Crippen molar-refractivity contribution in [2.24, 2.45) is 0 Å². The molecule has 0 saturated heterocycles. The number of rotatable bonds is 0. The van der Waals surface area contributed by atoms with Gasteiger partial charge in [-0.05, 0) is 41.8 Å². The first-order valence-corrected chi connectivity index (χ1v) is 5.79. The van der Waals surface area contributed by atoms with E-state index in [0.29, 0.717) is 0 Å². The van der Waals surface area contributed by atoms with Crippen LogP contribution in [-0.2, 0) is 0 Å². The van der Waals surface area contributed by atoms with Crippen LogP contribution in [0.2, 0.25) is 0 Å². The summed E-state index contributed by atoms with van der Waals surface area (Å²) in [7, 11) is 0. The number of phenols is 1. The molecule has 0 aliphatic heterocycles. The van der Waals surface area contributed by atoms with E-state index in [1.54, 1.807) is 18.3 Å². The Morgan fingerprint density at radius 2 is 1.78 bits per heavy atom. The molecule has 0 aliphatic carbocycles. The fourth-order valence-electron chi connectivity index (χ4n) is 2.47. The van der Waals surface area contributed by atoms with E-state index in [1.807, 2.05) is 18.3 Å². The summed E-state index contributed by atoms with van der Waals surface area (Å²) in [5.74, 6) is 0.287. The maximum absolute atomic E-state index is 9.60. The number of phenolic OH excluding ortho intramolecular Hbond substituents is 1. The van der Waals surface area contributed by atoms with Gasteiger partial charge < -0.3 is 10.1 Å². The summed E-state index contributed by atoms with van der Waals surface area (Å²) >= 11 is 0. The van der Waals surface area contributed by atoms with Crippen molar-refractivity contribution >= 4 is 32.6 Å². The van der Waals surface area contributed by atoms with Crippen LogP contribution in [0.5, 0.6) is 5.75 Å². The Morgan fingerprint density at radius 1 is 0.889 bits per heavy atom. The highest BCUT2D eigenvalue weighted by atomic mass is 16.3. The van der Waals surface area contributed by atoms with Gasteiger partial charge in [-0.3, -0.25) is 4.98 Å². The maximum Gasteiger partial charge on any atom is 0.116 e. The average molecular weight is 234 g/mol. The quantitative estimate of drug-likeness (QED) is 0.488. The zero-order valence-electron chi connectivity index (χ0n) is 9.51. The summed E-state index contributed by atoms with van der Waals surface area (Å²) < 4.78 is 0. The summed E-state index contributed by atoms with van der Waals surface area (Å²) in [5, 5.41) is 14.0. The van der Waals surface area contributed by atoms with Crippen molar-refractivity contribution in [1.29, 1.82) is 0 Å². The molecular formula is C15H10N2O. The lowest BCUT2D eigenvalue weighted by Crippen LogP contribution is -1.75. The first kappa shape index (κ1) is 9.48. The van der Waals surface area contributed by atoms with Crippen molar-refractivity contribution in [2.45, 2.75) is 0 Å².